The molecule has 4 nitrogen and oxygen atoms in total. The van der Waals surface area contributed by atoms with Crippen molar-refractivity contribution in [3.63, 3.8) is 0 Å². The van der Waals surface area contributed by atoms with E-state index in [9.17, 15) is 0 Å². The molecule has 20 heavy (non-hydrogen) atoms. The van der Waals surface area contributed by atoms with Gasteiger partial charge >= 0.3 is 0 Å². The van der Waals surface area contributed by atoms with Gasteiger partial charge in [-0.3, -0.25) is 5.41 Å². The van der Waals surface area contributed by atoms with Crippen molar-refractivity contribution >= 4 is 22.6 Å². The van der Waals surface area contributed by atoms with Gasteiger partial charge in [0, 0.05) is 19.0 Å². The Morgan fingerprint density at radius 3 is 2.70 bits per heavy atom. The summed E-state index contributed by atoms with van der Waals surface area (Å²) in [5.74, 6) is 1.49. The monoisotopic (exact) mass is 270 g/mol. The molecule has 0 bridgehead atoms. The second-order valence-electron chi connectivity index (χ2n) is 5.57. The molecule has 0 aliphatic rings. The number of pyridine rings is 1. The summed E-state index contributed by atoms with van der Waals surface area (Å²) < 4.78 is 0. The number of anilines is 1. The van der Waals surface area contributed by atoms with E-state index in [1.54, 1.807) is 0 Å². The van der Waals surface area contributed by atoms with Crippen LogP contribution in [0.2, 0.25) is 0 Å². The Morgan fingerprint density at radius 2 is 2.05 bits per heavy atom. The van der Waals surface area contributed by atoms with Crippen molar-refractivity contribution in [1.82, 2.24) is 4.98 Å². The number of benzene rings is 1. The summed E-state index contributed by atoms with van der Waals surface area (Å²) in [6, 6.07) is 9.87. The van der Waals surface area contributed by atoms with Gasteiger partial charge in [-0.2, -0.15) is 0 Å². The fraction of sp³-hybridized carbons (Fsp3) is 0.375. The highest BCUT2D eigenvalue weighted by Crippen LogP contribution is 2.23. The zero-order valence-corrected chi connectivity index (χ0v) is 12.4. The Labute approximate surface area is 120 Å². The molecule has 0 saturated carbocycles. The molecule has 1 aromatic carbocycles. The van der Waals surface area contributed by atoms with Crippen LogP contribution >= 0.6 is 0 Å². The standard InChI is InChI=1S/C16H22N4/c1-11(2)8-9-20(3)16-13(15(17)18)10-12-6-4-5-7-14(12)19-16/h4-7,10-11H,8-9H2,1-3H3,(H3,17,18). The van der Waals surface area contributed by atoms with E-state index in [0.717, 1.165) is 29.7 Å². The van der Waals surface area contributed by atoms with Crippen molar-refractivity contribution < 1.29 is 0 Å². The minimum absolute atomic E-state index is 0.0645. The molecule has 0 atom stereocenters. The lowest BCUT2D eigenvalue weighted by atomic mass is 10.1. The molecule has 0 aliphatic heterocycles. The third-order valence-corrected chi connectivity index (χ3v) is 3.40. The number of amidine groups is 1. The molecule has 1 aromatic heterocycles. The first-order chi connectivity index (χ1) is 9.49. The van der Waals surface area contributed by atoms with E-state index in [1.807, 2.05) is 37.4 Å². The van der Waals surface area contributed by atoms with E-state index in [2.05, 4.69) is 23.7 Å². The molecule has 0 aliphatic carbocycles. The third kappa shape index (κ3) is 3.07. The van der Waals surface area contributed by atoms with Gasteiger partial charge in [-0.1, -0.05) is 32.0 Å². The van der Waals surface area contributed by atoms with Crippen LogP contribution in [0.1, 0.15) is 25.8 Å². The predicted octanol–water partition coefficient (Wildman–Crippen LogP) is 3.00. The first-order valence-electron chi connectivity index (χ1n) is 6.94. The lowest BCUT2D eigenvalue weighted by molar-refractivity contribution is 0.584. The van der Waals surface area contributed by atoms with Crippen LogP contribution in [0, 0.1) is 11.3 Å². The van der Waals surface area contributed by atoms with Gasteiger partial charge < -0.3 is 10.6 Å². The zero-order valence-electron chi connectivity index (χ0n) is 12.4. The molecule has 0 unspecified atom stereocenters. The van der Waals surface area contributed by atoms with Gasteiger partial charge in [0.25, 0.3) is 0 Å². The first-order valence-corrected chi connectivity index (χ1v) is 6.94. The second-order valence-corrected chi connectivity index (χ2v) is 5.57. The van der Waals surface area contributed by atoms with Crippen LogP contribution in [-0.2, 0) is 0 Å². The van der Waals surface area contributed by atoms with Crippen LogP contribution < -0.4 is 10.6 Å². The number of nitrogens with two attached hydrogens (primary N) is 1. The molecule has 106 valence electrons. The fourth-order valence-electron chi connectivity index (χ4n) is 2.15. The van der Waals surface area contributed by atoms with Gasteiger partial charge in [0.1, 0.15) is 11.7 Å². The van der Waals surface area contributed by atoms with Crippen molar-refractivity contribution in [1.29, 1.82) is 5.41 Å². The summed E-state index contributed by atoms with van der Waals surface area (Å²) in [6.07, 6.45) is 1.09. The van der Waals surface area contributed by atoms with E-state index < -0.39 is 0 Å². The van der Waals surface area contributed by atoms with Crippen LogP contribution in [0.25, 0.3) is 10.9 Å². The Kier molecular flexibility index (Phi) is 4.23. The molecule has 2 aromatic rings. The fourth-order valence-corrected chi connectivity index (χ4v) is 2.15. The minimum atomic E-state index is 0.0645. The lowest BCUT2D eigenvalue weighted by Gasteiger charge is -2.22. The van der Waals surface area contributed by atoms with Crippen LogP contribution in [0.3, 0.4) is 0 Å². The van der Waals surface area contributed by atoms with Gasteiger partial charge in [0.2, 0.25) is 0 Å². The van der Waals surface area contributed by atoms with Crippen molar-refractivity contribution in [3.05, 3.63) is 35.9 Å². The van der Waals surface area contributed by atoms with E-state index in [1.165, 1.54) is 0 Å². The van der Waals surface area contributed by atoms with Crippen LogP contribution in [0.15, 0.2) is 30.3 Å². The number of nitrogens with zero attached hydrogens (tertiary/aromatic N) is 2. The molecule has 4 heteroatoms. The minimum Gasteiger partial charge on any atom is -0.384 e. The summed E-state index contributed by atoms with van der Waals surface area (Å²) >= 11 is 0. The van der Waals surface area contributed by atoms with Crippen molar-refractivity contribution in [2.24, 2.45) is 11.7 Å². The number of rotatable bonds is 5. The average molecular weight is 270 g/mol. The van der Waals surface area contributed by atoms with Crippen molar-refractivity contribution in [2.75, 3.05) is 18.5 Å². The van der Waals surface area contributed by atoms with Crippen LogP contribution in [0.4, 0.5) is 5.82 Å². The summed E-state index contributed by atoms with van der Waals surface area (Å²) in [5.41, 5.74) is 7.35. The topological polar surface area (TPSA) is 66.0 Å². The number of hydrogen-bond donors (Lipinski definition) is 2. The molecular formula is C16H22N4. The van der Waals surface area contributed by atoms with Crippen LogP contribution in [-0.4, -0.2) is 24.4 Å². The highest BCUT2D eigenvalue weighted by Gasteiger charge is 2.13. The SMILES string of the molecule is CC(C)CCN(C)c1nc2ccccc2cc1C(=N)N. The maximum atomic E-state index is 7.77. The highest BCUT2D eigenvalue weighted by molar-refractivity contribution is 6.02. The number of para-hydroxylation sites is 1. The molecule has 3 N–H and O–H groups in total. The lowest BCUT2D eigenvalue weighted by Crippen LogP contribution is -2.25. The van der Waals surface area contributed by atoms with Crippen molar-refractivity contribution in [3.8, 4) is 0 Å². The normalized spacial score (nSPS) is 11.0. The zero-order chi connectivity index (χ0) is 14.7. The maximum Gasteiger partial charge on any atom is 0.140 e. The molecule has 2 rings (SSSR count). The van der Waals surface area contributed by atoms with Gasteiger partial charge in [0.05, 0.1) is 11.1 Å². The maximum absolute atomic E-state index is 7.77. The Hall–Kier alpha value is -2.10. The van der Waals surface area contributed by atoms with E-state index in [-0.39, 0.29) is 5.84 Å². The summed E-state index contributed by atoms with van der Waals surface area (Å²) in [7, 11) is 2.01. The van der Waals surface area contributed by atoms with E-state index in [4.69, 9.17) is 11.1 Å². The highest BCUT2D eigenvalue weighted by atomic mass is 15.2. The number of nitrogens with one attached hydrogen (secondary N) is 1. The van der Waals surface area contributed by atoms with Gasteiger partial charge in [0.15, 0.2) is 0 Å². The van der Waals surface area contributed by atoms with Gasteiger partial charge in [-0.15, -0.1) is 0 Å². The quantitative estimate of drug-likeness (QED) is 0.648. The molecule has 0 amide bonds. The first kappa shape index (κ1) is 14.3. The molecule has 1 heterocycles. The molecular weight excluding hydrogens is 248 g/mol. The smallest absolute Gasteiger partial charge is 0.140 e. The summed E-state index contributed by atoms with van der Waals surface area (Å²) in [4.78, 5) is 6.77. The molecule has 0 fully saturated rings. The number of nitrogen functional groups attached to an aromatic ring is 1. The Morgan fingerprint density at radius 1 is 1.35 bits per heavy atom. The molecule has 0 saturated heterocycles. The average Bonchev–Trinajstić information content (AvgIpc) is 2.43. The molecule has 0 radical (unpaired) electrons. The Balaban J connectivity index is 2.43. The number of fused-ring (bicyclic) bond motifs is 1. The number of hydrogen-bond acceptors (Lipinski definition) is 3. The predicted molar refractivity (Wildman–Crippen MR) is 85.5 cm³/mol. The van der Waals surface area contributed by atoms with E-state index >= 15 is 0 Å². The van der Waals surface area contributed by atoms with Gasteiger partial charge in [-0.05, 0) is 24.5 Å². The summed E-state index contributed by atoms with van der Waals surface area (Å²) in [6.45, 7) is 5.31. The third-order valence-electron chi connectivity index (χ3n) is 3.40. The largest absolute Gasteiger partial charge is 0.384 e. The molecule has 0 spiro atoms. The van der Waals surface area contributed by atoms with Crippen molar-refractivity contribution in [2.45, 2.75) is 20.3 Å². The van der Waals surface area contributed by atoms with Gasteiger partial charge in [-0.25, -0.2) is 4.98 Å². The van der Waals surface area contributed by atoms with E-state index in [0.29, 0.717) is 11.5 Å². The van der Waals surface area contributed by atoms with Crippen LogP contribution in [0.5, 0.6) is 0 Å². The second kappa shape index (κ2) is 5.90. The Bertz CT molecular complexity index is 619. The summed E-state index contributed by atoms with van der Waals surface area (Å²) in [5, 5.41) is 8.79. The number of aromatic nitrogens is 1.